The molecule has 0 aliphatic carbocycles. The average Bonchev–Trinajstić information content (AvgIpc) is 2.72. The summed E-state index contributed by atoms with van der Waals surface area (Å²) in [4.78, 5) is 0.443. The molecule has 0 aliphatic heterocycles. The zero-order chi connectivity index (χ0) is 12.3. The van der Waals surface area contributed by atoms with Gasteiger partial charge in [-0.3, -0.25) is 0 Å². The Hall–Kier alpha value is -1.39. The van der Waals surface area contributed by atoms with Crippen LogP contribution in [-0.2, 0) is 11.3 Å². The maximum absolute atomic E-state index is 5.71. The van der Waals surface area contributed by atoms with Crippen molar-refractivity contribution in [1.29, 1.82) is 0 Å². The molecule has 0 atom stereocenters. The van der Waals surface area contributed by atoms with Crippen LogP contribution in [0.15, 0.2) is 30.5 Å². The lowest BCUT2D eigenvalue weighted by molar-refractivity contribution is 0.140. The van der Waals surface area contributed by atoms with E-state index in [4.69, 9.17) is 22.7 Å². The van der Waals surface area contributed by atoms with E-state index >= 15 is 0 Å². The van der Waals surface area contributed by atoms with Crippen molar-refractivity contribution in [1.82, 2.24) is 4.57 Å². The van der Waals surface area contributed by atoms with Gasteiger partial charge in [-0.15, -0.1) is 0 Å². The highest BCUT2D eigenvalue weighted by Crippen LogP contribution is 2.20. The van der Waals surface area contributed by atoms with Crippen molar-refractivity contribution in [2.45, 2.75) is 13.5 Å². The van der Waals surface area contributed by atoms with E-state index in [-0.39, 0.29) is 0 Å². The molecular formula is C13H16N2OS. The van der Waals surface area contributed by atoms with Crippen molar-refractivity contribution in [3.63, 3.8) is 0 Å². The first-order valence-electron chi connectivity index (χ1n) is 5.69. The molecule has 0 bridgehead atoms. The summed E-state index contributed by atoms with van der Waals surface area (Å²) in [5.74, 6) is 0. The van der Waals surface area contributed by atoms with Crippen molar-refractivity contribution in [3.8, 4) is 0 Å². The fourth-order valence-corrected chi connectivity index (χ4v) is 2.12. The number of thiocarbonyl (C=S) groups is 1. The monoisotopic (exact) mass is 248 g/mol. The first-order valence-corrected chi connectivity index (χ1v) is 6.10. The quantitative estimate of drug-likeness (QED) is 0.652. The summed E-state index contributed by atoms with van der Waals surface area (Å²) in [6.07, 6.45) is 2.05. The zero-order valence-corrected chi connectivity index (χ0v) is 10.7. The number of benzene rings is 1. The Balaban J connectivity index is 2.34. The minimum Gasteiger partial charge on any atom is -0.389 e. The average molecular weight is 248 g/mol. The van der Waals surface area contributed by atoms with Crippen LogP contribution in [0.5, 0.6) is 0 Å². The number of rotatable bonds is 5. The number of nitrogens with zero attached hydrogens (tertiary/aromatic N) is 1. The third-order valence-corrected chi connectivity index (χ3v) is 2.98. The molecule has 0 aliphatic rings. The second-order valence-electron chi connectivity index (χ2n) is 3.81. The van der Waals surface area contributed by atoms with Crippen LogP contribution < -0.4 is 5.73 Å². The van der Waals surface area contributed by atoms with E-state index in [1.165, 1.54) is 0 Å². The minimum absolute atomic E-state index is 0.443. The molecule has 2 aromatic rings. The molecule has 1 aromatic heterocycles. The number of fused-ring (bicyclic) bond motifs is 1. The molecule has 17 heavy (non-hydrogen) atoms. The van der Waals surface area contributed by atoms with E-state index in [1.54, 1.807) is 0 Å². The van der Waals surface area contributed by atoms with Crippen molar-refractivity contribution in [3.05, 3.63) is 36.0 Å². The normalized spacial score (nSPS) is 10.9. The van der Waals surface area contributed by atoms with Gasteiger partial charge in [0, 0.05) is 35.8 Å². The largest absolute Gasteiger partial charge is 0.389 e. The van der Waals surface area contributed by atoms with Crippen molar-refractivity contribution < 1.29 is 4.74 Å². The third-order valence-electron chi connectivity index (χ3n) is 2.76. The molecule has 4 heteroatoms. The molecule has 90 valence electrons. The van der Waals surface area contributed by atoms with Gasteiger partial charge in [-0.1, -0.05) is 24.4 Å². The molecular weight excluding hydrogens is 232 g/mol. The Morgan fingerprint density at radius 3 is 2.94 bits per heavy atom. The van der Waals surface area contributed by atoms with Crippen molar-refractivity contribution in [2.75, 3.05) is 13.2 Å². The van der Waals surface area contributed by atoms with Crippen LogP contribution in [0.2, 0.25) is 0 Å². The van der Waals surface area contributed by atoms with E-state index < -0.39 is 0 Å². The smallest absolute Gasteiger partial charge is 0.104 e. The Bertz CT molecular complexity index is 533. The van der Waals surface area contributed by atoms with Gasteiger partial charge in [0.25, 0.3) is 0 Å². The van der Waals surface area contributed by atoms with E-state index in [0.29, 0.717) is 4.99 Å². The van der Waals surface area contributed by atoms with E-state index in [0.717, 1.165) is 36.2 Å². The van der Waals surface area contributed by atoms with E-state index in [9.17, 15) is 0 Å². The second kappa shape index (κ2) is 5.29. The summed E-state index contributed by atoms with van der Waals surface area (Å²) in [5.41, 5.74) is 7.79. The lowest BCUT2D eigenvalue weighted by Gasteiger charge is -2.06. The Labute approximate surface area is 106 Å². The molecule has 0 saturated carbocycles. The van der Waals surface area contributed by atoms with Crippen LogP contribution in [0.25, 0.3) is 10.9 Å². The molecule has 0 saturated heterocycles. The Morgan fingerprint density at radius 1 is 1.41 bits per heavy atom. The zero-order valence-electron chi connectivity index (χ0n) is 9.85. The standard InChI is InChI=1S/C13H16N2OS/c1-2-16-9-8-15-7-6-10-11(13(14)17)4-3-5-12(10)15/h3-7H,2,8-9H2,1H3,(H2,14,17). The molecule has 1 aromatic carbocycles. The van der Waals surface area contributed by atoms with E-state index in [2.05, 4.69) is 16.7 Å². The Kier molecular flexibility index (Phi) is 3.76. The summed E-state index contributed by atoms with van der Waals surface area (Å²) in [7, 11) is 0. The molecule has 3 nitrogen and oxygen atoms in total. The fourth-order valence-electron chi connectivity index (χ4n) is 1.94. The first-order chi connectivity index (χ1) is 8.24. The number of aromatic nitrogens is 1. The molecule has 0 radical (unpaired) electrons. The molecule has 0 fully saturated rings. The summed E-state index contributed by atoms with van der Waals surface area (Å²) in [6, 6.07) is 8.06. The van der Waals surface area contributed by atoms with Gasteiger partial charge in [0.1, 0.15) is 4.99 Å². The van der Waals surface area contributed by atoms with Crippen LogP contribution in [0.3, 0.4) is 0 Å². The van der Waals surface area contributed by atoms with Crippen LogP contribution in [0.4, 0.5) is 0 Å². The SMILES string of the molecule is CCOCCn1ccc2c(C(N)=S)cccc21. The number of hydrogen-bond donors (Lipinski definition) is 1. The van der Waals surface area contributed by atoms with Crippen LogP contribution in [-0.4, -0.2) is 22.8 Å². The maximum Gasteiger partial charge on any atom is 0.104 e. The van der Waals surface area contributed by atoms with Gasteiger partial charge in [0.15, 0.2) is 0 Å². The number of hydrogen-bond acceptors (Lipinski definition) is 2. The van der Waals surface area contributed by atoms with Gasteiger partial charge >= 0.3 is 0 Å². The fraction of sp³-hybridized carbons (Fsp3) is 0.308. The summed E-state index contributed by atoms with van der Waals surface area (Å²) in [5, 5.41) is 1.11. The minimum atomic E-state index is 0.443. The van der Waals surface area contributed by atoms with Gasteiger partial charge in [0.2, 0.25) is 0 Å². The Morgan fingerprint density at radius 2 is 2.24 bits per heavy atom. The van der Waals surface area contributed by atoms with Gasteiger partial charge in [-0.2, -0.15) is 0 Å². The van der Waals surface area contributed by atoms with Gasteiger partial charge in [-0.25, -0.2) is 0 Å². The highest BCUT2D eigenvalue weighted by molar-refractivity contribution is 7.80. The van der Waals surface area contributed by atoms with Gasteiger partial charge in [-0.05, 0) is 19.1 Å². The van der Waals surface area contributed by atoms with Crippen molar-refractivity contribution >= 4 is 28.1 Å². The van der Waals surface area contributed by atoms with Gasteiger partial charge < -0.3 is 15.0 Å². The summed E-state index contributed by atoms with van der Waals surface area (Å²) >= 11 is 5.05. The van der Waals surface area contributed by atoms with Crippen LogP contribution >= 0.6 is 12.2 Å². The molecule has 2 N–H and O–H groups in total. The lowest BCUT2D eigenvalue weighted by Crippen LogP contribution is -2.10. The van der Waals surface area contributed by atoms with Gasteiger partial charge in [0.05, 0.1) is 6.61 Å². The molecule has 0 unspecified atom stereocenters. The summed E-state index contributed by atoms with van der Waals surface area (Å²) in [6.45, 7) is 4.31. The summed E-state index contributed by atoms with van der Waals surface area (Å²) < 4.78 is 7.52. The predicted octanol–water partition coefficient (Wildman–Crippen LogP) is 2.31. The highest BCUT2D eigenvalue weighted by Gasteiger charge is 2.06. The van der Waals surface area contributed by atoms with Crippen LogP contribution in [0.1, 0.15) is 12.5 Å². The van der Waals surface area contributed by atoms with Crippen molar-refractivity contribution in [2.24, 2.45) is 5.73 Å². The lowest BCUT2D eigenvalue weighted by atomic mass is 10.1. The molecule has 2 rings (SSSR count). The number of ether oxygens (including phenoxy) is 1. The maximum atomic E-state index is 5.71. The second-order valence-corrected chi connectivity index (χ2v) is 4.25. The predicted molar refractivity (Wildman–Crippen MR) is 74.3 cm³/mol. The third kappa shape index (κ3) is 2.48. The molecule has 1 heterocycles. The topological polar surface area (TPSA) is 40.2 Å². The molecule has 0 amide bonds. The number of nitrogens with two attached hydrogens (primary N) is 1. The first kappa shape index (κ1) is 12.1. The molecule has 0 spiro atoms. The van der Waals surface area contributed by atoms with E-state index in [1.807, 2.05) is 25.3 Å². The highest BCUT2D eigenvalue weighted by atomic mass is 32.1. The van der Waals surface area contributed by atoms with Crippen LogP contribution in [0, 0.1) is 0 Å².